The third-order valence-corrected chi connectivity index (χ3v) is 6.22. The molecule has 2 saturated heterocycles. The first-order valence-electron chi connectivity index (χ1n) is 10.8. The van der Waals surface area contributed by atoms with E-state index in [0.29, 0.717) is 51.1 Å². The fraction of sp³-hybridized carbons (Fsp3) is 0.500. The molecule has 1 N–H and O–H groups in total. The minimum absolute atomic E-state index is 0.291. The van der Waals surface area contributed by atoms with Gasteiger partial charge in [-0.25, -0.2) is 9.37 Å². The molecule has 1 aromatic carbocycles. The van der Waals surface area contributed by atoms with Crippen LogP contribution in [0.1, 0.15) is 31.5 Å². The zero-order chi connectivity index (χ0) is 21.4. The van der Waals surface area contributed by atoms with E-state index in [4.69, 9.17) is 20.9 Å². The van der Waals surface area contributed by atoms with Gasteiger partial charge >= 0.3 is 0 Å². The van der Waals surface area contributed by atoms with Crippen molar-refractivity contribution in [1.82, 2.24) is 20.4 Å². The minimum atomic E-state index is -0.439. The van der Waals surface area contributed by atoms with Crippen LogP contribution in [0.3, 0.4) is 0 Å². The van der Waals surface area contributed by atoms with E-state index in [1.54, 1.807) is 13.0 Å². The summed E-state index contributed by atoms with van der Waals surface area (Å²) in [6.07, 6.45) is 4.22. The predicted molar refractivity (Wildman–Crippen MR) is 117 cm³/mol. The van der Waals surface area contributed by atoms with Crippen molar-refractivity contribution in [2.45, 2.75) is 44.7 Å². The number of hydrogen-bond donors (Lipinski definition) is 1. The number of aryl methyl sites for hydroxylation is 1. The Balaban J connectivity index is 1.43. The SMILES string of the molecule is Cc1noc(-c2cc3cc(Cl)cc(F)c3nc2N2CCC(N[C@H]3CCCOC3)CC2)n1. The average Bonchev–Trinajstić information content (AvgIpc) is 3.20. The van der Waals surface area contributed by atoms with Crippen LogP contribution in [0.15, 0.2) is 22.7 Å². The molecule has 2 fully saturated rings. The third-order valence-electron chi connectivity index (χ3n) is 6.00. The molecule has 0 radical (unpaired) electrons. The second-order valence-electron chi connectivity index (χ2n) is 8.31. The van der Waals surface area contributed by atoms with Crippen molar-refractivity contribution in [1.29, 1.82) is 0 Å². The summed E-state index contributed by atoms with van der Waals surface area (Å²) in [6.45, 7) is 5.03. The van der Waals surface area contributed by atoms with E-state index in [1.807, 2.05) is 6.07 Å². The lowest BCUT2D eigenvalue weighted by atomic mass is 10.0. The van der Waals surface area contributed by atoms with E-state index in [0.717, 1.165) is 52.0 Å². The van der Waals surface area contributed by atoms with Gasteiger partial charge in [0.15, 0.2) is 11.6 Å². The molecule has 7 nitrogen and oxygen atoms in total. The maximum atomic E-state index is 14.6. The second kappa shape index (κ2) is 8.68. The molecule has 0 bridgehead atoms. The number of pyridine rings is 1. The van der Waals surface area contributed by atoms with E-state index in [-0.39, 0.29) is 0 Å². The van der Waals surface area contributed by atoms with Crippen LogP contribution in [0.5, 0.6) is 0 Å². The van der Waals surface area contributed by atoms with E-state index in [9.17, 15) is 4.39 Å². The molecule has 5 rings (SSSR count). The number of anilines is 1. The number of aromatic nitrogens is 3. The van der Waals surface area contributed by atoms with Gasteiger partial charge in [-0.05, 0) is 50.8 Å². The van der Waals surface area contributed by atoms with Crippen molar-refractivity contribution in [2.24, 2.45) is 0 Å². The summed E-state index contributed by atoms with van der Waals surface area (Å²) in [7, 11) is 0. The second-order valence-corrected chi connectivity index (χ2v) is 8.74. The highest BCUT2D eigenvalue weighted by molar-refractivity contribution is 6.31. The number of hydrogen-bond acceptors (Lipinski definition) is 7. The van der Waals surface area contributed by atoms with Crippen LogP contribution in [-0.4, -0.2) is 53.5 Å². The molecule has 9 heteroatoms. The average molecular weight is 446 g/mol. The summed E-state index contributed by atoms with van der Waals surface area (Å²) in [5.41, 5.74) is 0.987. The lowest BCUT2D eigenvalue weighted by molar-refractivity contribution is 0.0650. The number of nitrogens with zero attached hydrogens (tertiary/aromatic N) is 4. The van der Waals surface area contributed by atoms with Crippen LogP contribution >= 0.6 is 11.6 Å². The zero-order valence-electron chi connectivity index (χ0n) is 17.4. The Labute approximate surface area is 184 Å². The van der Waals surface area contributed by atoms with Gasteiger partial charge in [0.2, 0.25) is 0 Å². The largest absolute Gasteiger partial charge is 0.380 e. The molecule has 0 amide bonds. The normalized spacial score (nSPS) is 20.5. The molecule has 1 atom stereocenters. The van der Waals surface area contributed by atoms with Gasteiger partial charge in [0, 0.05) is 42.2 Å². The molecule has 0 saturated carbocycles. The molecule has 3 aromatic rings. The first-order valence-corrected chi connectivity index (χ1v) is 11.1. The minimum Gasteiger partial charge on any atom is -0.380 e. The van der Waals surface area contributed by atoms with Crippen LogP contribution in [-0.2, 0) is 4.74 Å². The third kappa shape index (κ3) is 4.37. The summed E-state index contributed by atoms with van der Waals surface area (Å²) in [5.74, 6) is 1.14. The first kappa shape index (κ1) is 20.6. The molecular formula is C22H25ClFN5O2. The molecule has 0 unspecified atom stereocenters. The van der Waals surface area contributed by atoms with Gasteiger partial charge in [0.25, 0.3) is 5.89 Å². The summed E-state index contributed by atoms with van der Waals surface area (Å²) in [6, 6.07) is 5.70. The highest BCUT2D eigenvalue weighted by Gasteiger charge is 2.27. The van der Waals surface area contributed by atoms with Crippen LogP contribution < -0.4 is 10.2 Å². The van der Waals surface area contributed by atoms with Crippen molar-refractivity contribution in [3.8, 4) is 11.5 Å². The monoisotopic (exact) mass is 445 g/mol. The first-order chi connectivity index (χ1) is 15.1. The quantitative estimate of drug-likeness (QED) is 0.647. The summed E-state index contributed by atoms with van der Waals surface area (Å²) in [4.78, 5) is 11.3. The summed E-state index contributed by atoms with van der Waals surface area (Å²) in [5, 5.41) is 8.58. The number of ether oxygens (including phenoxy) is 1. The lowest BCUT2D eigenvalue weighted by Crippen LogP contribution is -2.48. The molecule has 0 aliphatic carbocycles. The fourth-order valence-corrected chi connectivity index (χ4v) is 4.68. The van der Waals surface area contributed by atoms with Gasteiger partial charge in [0.05, 0.1) is 12.2 Å². The maximum Gasteiger partial charge on any atom is 0.261 e. The van der Waals surface area contributed by atoms with Crippen molar-refractivity contribution in [3.05, 3.63) is 34.9 Å². The van der Waals surface area contributed by atoms with Gasteiger partial charge in [0.1, 0.15) is 11.3 Å². The Morgan fingerprint density at radius 1 is 1.13 bits per heavy atom. The molecule has 0 spiro atoms. The van der Waals surface area contributed by atoms with Gasteiger partial charge in [-0.2, -0.15) is 4.98 Å². The van der Waals surface area contributed by atoms with Crippen molar-refractivity contribution < 1.29 is 13.7 Å². The van der Waals surface area contributed by atoms with Crippen LogP contribution in [0, 0.1) is 12.7 Å². The Morgan fingerprint density at radius 2 is 1.97 bits per heavy atom. The van der Waals surface area contributed by atoms with Gasteiger partial charge in [-0.1, -0.05) is 16.8 Å². The number of benzene rings is 1. The highest BCUT2D eigenvalue weighted by Crippen LogP contribution is 2.35. The highest BCUT2D eigenvalue weighted by atomic mass is 35.5. The van der Waals surface area contributed by atoms with E-state index in [2.05, 4.69) is 25.3 Å². The molecule has 4 heterocycles. The predicted octanol–water partition coefficient (Wildman–Crippen LogP) is 4.12. The molecular weight excluding hydrogens is 421 g/mol. The number of piperidine rings is 1. The van der Waals surface area contributed by atoms with Gasteiger partial charge in [-0.3, -0.25) is 0 Å². The van der Waals surface area contributed by atoms with Crippen molar-refractivity contribution in [3.63, 3.8) is 0 Å². The number of nitrogens with one attached hydrogen (secondary N) is 1. The van der Waals surface area contributed by atoms with E-state index < -0.39 is 5.82 Å². The van der Waals surface area contributed by atoms with Crippen LogP contribution in [0.2, 0.25) is 5.02 Å². The summed E-state index contributed by atoms with van der Waals surface area (Å²) < 4.78 is 25.6. The van der Waals surface area contributed by atoms with Gasteiger partial charge in [-0.15, -0.1) is 0 Å². The molecule has 2 aliphatic rings. The molecule has 2 aromatic heterocycles. The topological polar surface area (TPSA) is 76.3 Å². The maximum absolute atomic E-state index is 14.6. The Bertz CT molecular complexity index is 1080. The molecule has 164 valence electrons. The Hall–Kier alpha value is -2.29. The standard InChI is InChI=1S/C22H25ClFN5O2/c1-13-25-22(31-28-13)18-10-14-9-15(23)11-19(24)20(14)27-21(18)29-6-4-16(5-7-29)26-17-3-2-8-30-12-17/h9-11,16-17,26H,2-8,12H2,1H3/t17-/m0/s1. The van der Waals surface area contributed by atoms with Crippen LogP contribution in [0.4, 0.5) is 10.2 Å². The van der Waals surface area contributed by atoms with E-state index >= 15 is 0 Å². The van der Waals surface area contributed by atoms with Gasteiger partial charge < -0.3 is 19.5 Å². The summed E-state index contributed by atoms with van der Waals surface area (Å²) >= 11 is 6.07. The number of rotatable bonds is 4. The number of fused-ring (bicyclic) bond motifs is 1. The van der Waals surface area contributed by atoms with Crippen molar-refractivity contribution >= 4 is 28.3 Å². The van der Waals surface area contributed by atoms with Crippen molar-refractivity contribution in [2.75, 3.05) is 31.2 Å². The Morgan fingerprint density at radius 3 is 2.68 bits per heavy atom. The molecule has 31 heavy (non-hydrogen) atoms. The Kier molecular flexibility index (Phi) is 5.77. The number of halogens is 2. The van der Waals surface area contributed by atoms with Crippen LogP contribution in [0.25, 0.3) is 22.4 Å². The molecule has 2 aliphatic heterocycles. The van der Waals surface area contributed by atoms with E-state index in [1.165, 1.54) is 6.07 Å². The zero-order valence-corrected chi connectivity index (χ0v) is 18.2. The fourth-order valence-electron chi connectivity index (χ4n) is 4.47. The lowest BCUT2D eigenvalue weighted by Gasteiger charge is -2.36. The smallest absolute Gasteiger partial charge is 0.261 e.